The van der Waals surface area contributed by atoms with Crippen LogP contribution in [0.2, 0.25) is 0 Å². The molecule has 1 aromatic carbocycles. The highest BCUT2D eigenvalue weighted by Gasteiger charge is 2.37. The number of fused-ring (bicyclic) bond motifs is 2. The van der Waals surface area contributed by atoms with E-state index in [1.54, 1.807) is 18.6 Å². The van der Waals surface area contributed by atoms with Crippen LogP contribution in [0, 0.1) is 0 Å². The standard InChI is InChI=1S/C23H22N6O/c1-23(2)13-20(19-7-3-4-10-25-19)28-21-17(14-26-29(21)23)22(30)27-16-8-9-18-15(12-16)6-5-11-24-18/h3-12,14,20,28H,13H2,1-2H3,(H,27,30). The van der Waals surface area contributed by atoms with Gasteiger partial charge in [-0.05, 0) is 56.7 Å². The lowest BCUT2D eigenvalue weighted by molar-refractivity contribution is 0.102. The maximum absolute atomic E-state index is 13.1. The van der Waals surface area contributed by atoms with Crippen molar-refractivity contribution in [1.29, 1.82) is 0 Å². The van der Waals surface area contributed by atoms with Crippen LogP contribution in [-0.4, -0.2) is 25.7 Å². The molecule has 7 nitrogen and oxygen atoms in total. The van der Waals surface area contributed by atoms with Crippen LogP contribution in [0.5, 0.6) is 0 Å². The van der Waals surface area contributed by atoms with E-state index in [0.717, 1.165) is 28.7 Å². The fraction of sp³-hybridized carbons (Fsp3) is 0.217. The number of hydrogen-bond donors (Lipinski definition) is 2. The molecule has 4 heterocycles. The van der Waals surface area contributed by atoms with Gasteiger partial charge in [0, 0.05) is 23.5 Å². The smallest absolute Gasteiger partial charge is 0.261 e. The molecule has 1 aliphatic rings. The number of carbonyl (C=O) groups excluding carboxylic acids is 1. The Hall–Kier alpha value is -3.74. The molecular weight excluding hydrogens is 376 g/mol. The molecule has 7 heteroatoms. The third-order valence-corrected chi connectivity index (χ3v) is 5.51. The first-order valence-corrected chi connectivity index (χ1v) is 9.93. The monoisotopic (exact) mass is 398 g/mol. The van der Waals surface area contributed by atoms with Crippen LogP contribution in [0.4, 0.5) is 11.5 Å². The summed E-state index contributed by atoms with van der Waals surface area (Å²) in [5, 5.41) is 12.0. The number of nitrogens with zero attached hydrogens (tertiary/aromatic N) is 4. The molecule has 0 aliphatic carbocycles. The second-order valence-corrected chi connectivity index (χ2v) is 8.15. The van der Waals surface area contributed by atoms with Crippen LogP contribution in [-0.2, 0) is 5.54 Å². The Labute approximate surface area is 174 Å². The molecule has 0 saturated carbocycles. The van der Waals surface area contributed by atoms with Crippen LogP contribution < -0.4 is 10.6 Å². The summed E-state index contributed by atoms with van der Waals surface area (Å²) in [6, 6.07) is 15.4. The minimum atomic E-state index is -0.254. The first-order valence-electron chi connectivity index (χ1n) is 9.93. The van der Waals surface area contributed by atoms with E-state index in [1.165, 1.54) is 0 Å². The predicted octanol–water partition coefficient (Wildman–Crippen LogP) is 4.37. The lowest BCUT2D eigenvalue weighted by Crippen LogP contribution is -2.38. The van der Waals surface area contributed by atoms with E-state index in [2.05, 4.69) is 39.5 Å². The van der Waals surface area contributed by atoms with Crippen molar-refractivity contribution in [3.05, 3.63) is 78.4 Å². The van der Waals surface area contributed by atoms with Gasteiger partial charge >= 0.3 is 0 Å². The summed E-state index contributed by atoms with van der Waals surface area (Å²) in [5.74, 6) is 0.506. The summed E-state index contributed by atoms with van der Waals surface area (Å²) in [6.07, 6.45) is 5.99. The fourth-order valence-corrected chi connectivity index (χ4v) is 4.03. The molecule has 30 heavy (non-hydrogen) atoms. The Morgan fingerprint density at radius 1 is 1.13 bits per heavy atom. The highest BCUT2D eigenvalue weighted by atomic mass is 16.1. The maximum Gasteiger partial charge on any atom is 0.261 e. The Balaban J connectivity index is 1.46. The van der Waals surface area contributed by atoms with E-state index in [4.69, 9.17) is 0 Å². The molecule has 1 atom stereocenters. The van der Waals surface area contributed by atoms with Crippen molar-refractivity contribution in [2.75, 3.05) is 10.6 Å². The molecule has 150 valence electrons. The molecule has 4 aromatic rings. The Bertz CT molecular complexity index is 1230. The molecule has 3 aromatic heterocycles. The summed E-state index contributed by atoms with van der Waals surface area (Å²) in [6.45, 7) is 4.25. The number of benzene rings is 1. The molecule has 2 N–H and O–H groups in total. The van der Waals surface area contributed by atoms with Crippen molar-refractivity contribution < 1.29 is 4.79 Å². The zero-order valence-corrected chi connectivity index (χ0v) is 16.8. The van der Waals surface area contributed by atoms with Gasteiger partial charge in [-0.2, -0.15) is 5.10 Å². The van der Waals surface area contributed by atoms with Crippen LogP contribution >= 0.6 is 0 Å². The highest BCUT2D eigenvalue weighted by Crippen LogP contribution is 2.39. The van der Waals surface area contributed by atoms with Gasteiger partial charge in [0.15, 0.2) is 0 Å². The van der Waals surface area contributed by atoms with E-state index < -0.39 is 0 Å². The minimum absolute atomic E-state index is 0.00342. The number of pyridine rings is 2. The van der Waals surface area contributed by atoms with Gasteiger partial charge in [0.2, 0.25) is 0 Å². The number of aromatic nitrogens is 4. The maximum atomic E-state index is 13.1. The third kappa shape index (κ3) is 3.18. The second-order valence-electron chi connectivity index (χ2n) is 8.15. The molecule has 1 amide bonds. The molecule has 0 radical (unpaired) electrons. The van der Waals surface area contributed by atoms with Crippen LogP contribution in [0.25, 0.3) is 10.9 Å². The van der Waals surface area contributed by atoms with Crippen molar-refractivity contribution in [2.24, 2.45) is 0 Å². The van der Waals surface area contributed by atoms with Crippen LogP contribution in [0.3, 0.4) is 0 Å². The van der Waals surface area contributed by atoms with Crippen molar-refractivity contribution in [1.82, 2.24) is 19.7 Å². The first-order chi connectivity index (χ1) is 14.5. The molecular formula is C23H22N6O. The zero-order chi connectivity index (χ0) is 20.7. The van der Waals surface area contributed by atoms with Gasteiger partial charge < -0.3 is 10.6 Å². The summed E-state index contributed by atoms with van der Waals surface area (Å²) in [4.78, 5) is 21.9. The van der Waals surface area contributed by atoms with Crippen molar-refractivity contribution in [3.63, 3.8) is 0 Å². The summed E-state index contributed by atoms with van der Waals surface area (Å²) in [5.41, 5.74) is 2.81. The van der Waals surface area contributed by atoms with Crippen molar-refractivity contribution in [3.8, 4) is 0 Å². The number of hydrogen-bond acceptors (Lipinski definition) is 5. The van der Waals surface area contributed by atoms with Gasteiger partial charge in [0.1, 0.15) is 11.4 Å². The van der Waals surface area contributed by atoms with Crippen molar-refractivity contribution >= 4 is 28.3 Å². The fourth-order valence-electron chi connectivity index (χ4n) is 4.03. The van der Waals surface area contributed by atoms with E-state index in [-0.39, 0.29) is 17.5 Å². The van der Waals surface area contributed by atoms with E-state index >= 15 is 0 Å². The number of carbonyl (C=O) groups is 1. The van der Waals surface area contributed by atoms with Gasteiger partial charge in [0.05, 0.1) is 29.0 Å². The Morgan fingerprint density at radius 3 is 2.83 bits per heavy atom. The molecule has 1 unspecified atom stereocenters. The van der Waals surface area contributed by atoms with Crippen molar-refractivity contribution in [2.45, 2.75) is 31.8 Å². The van der Waals surface area contributed by atoms with Crippen LogP contribution in [0.1, 0.15) is 42.4 Å². The summed E-state index contributed by atoms with van der Waals surface area (Å²) in [7, 11) is 0. The number of rotatable bonds is 3. The molecule has 5 rings (SSSR count). The number of nitrogens with one attached hydrogen (secondary N) is 2. The van der Waals surface area contributed by atoms with Gasteiger partial charge in [-0.3, -0.25) is 14.8 Å². The van der Waals surface area contributed by atoms with Gasteiger partial charge in [-0.25, -0.2) is 4.68 Å². The third-order valence-electron chi connectivity index (χ3n) is 5.51. The van der Waals surface area contributed by atoms with E-state index in [9.17, 15) is 4.79 Å². The van der Waals surface area contributed by atoms with Gasteiger partial charge in [-0.1, -0.05) is 12.1 Å². The first kappa shape index (κ1) is 18.3. The topological polar surface area (TPSA) is 84.7 Å². The lowest BCUT2D eigenvalue weighted by Gasteiger charge is -2.37. The molecule has 0 bridgehead atoms. The zero-order valence-electron chi connectivity index (χ0n) is 16.8. The van der Waals surface area contributed by atoms with Gasteiger partial charge in [-0.15, -0.1) is 0 Å². The Morgan fingerprint density at radius 2 is 2.00 bits per heavy atom. The largest absolute Gasteiger partial charge is 0.361 e. The summed E-state index contributed by atoms with van der Waals surface area (Å²) >= 11 is 0. The highest BCUT2D eigenvalue weighted by molar-refractivity contribution is 6.08. The quantitative estimate of drug-likeness (QED) is 0.535. The SMILES string of the molecule is CC1(C)CC(c2ccccn2)Nc2c(C(=O)Nc3ccc4ncccc4c3)cnn21. The van der Waals surface area contributed by atoms with Gasteiger partial charge in [0.25, 0.3) is 5.91 Å². The van der Waals surface area contributed by atoms with E-state index in [1.807, 2.05) is 53.2 Å². The summed E-state index contributed by atoms with van der Waals surface area (Å²) < 4.78 is 1.89. The normalized spacial score (nSPS) is 17.2. The molecule has 0 fully saturated rings. The molecule has 0 spiro atoms. The average molecular weight is 398 g/mol. The number of anilines is 2. The second kappa shape index (κ2) is 6.95. The average Bonchev–Trinajstić information content (AvgIpc) is 3.19. The van der Waals surface area contributed by atoms with Crippen LogP contribution in [0.15, 0.2) is 67.1 Å². The van der Waals surface area contributed by atoms with E-state index in [0.29, 0.717) is 11.4 Å². The molecule has 0 saturated heterocycles. The minimum Gasteiger partial charge on any atom is -0.361 e. The predicted molar refractivity (Wildman–Crippen MR) is 116 cm³/mol. The lowest BCUT2D eigenvalue weighted by atomic mass is 9.91. The molecule has 1 aliphatic heterocycles. The Kier molecular flexibility index (Phi) is 4.24. The number of amides is 1.